The highest BCUT2D eigenvalue weighted by molar-refractivity contribution is 5.01. The lowest BCUT2D eigenvalue weighted by atomic mass is 9.97. The zero-order valence-electron chi connectivity index (χ0n) is 11.6. The van der Waals surface area contributed by atoms with Crippen LogP contribution in [0.2, 0.25) is 0 Å². The molecule has 0 aromatic heterocycles. The molecule has 94 valence electrons. The highest BCUT2D eigenvalue weighted by Gasteiger charge is 2.14. The molecule has 0 aromatic carbocycles. The normalized spacial score (nSPS) is 15.4. The van der Waals surface area contributed by atoms with Crippen molar-refractivity contribution < 1.29 is 5.11 Å². The van der Waals surface area contributed by atoms with E-state index < -0.39 is 5.60 Å². The first-order valence-corrected chi connectivity index (χ1v) is 6.37. The molecule has 0 heterocycles. The number of rotatable bonds is 7. The summed E-state index contributed by atoms with van der Waals surface area (Å²) in [6.45, 7) is 10.5. The summed E-state index contributed by atoms with van der Waals surface area (Å²) in [5.74, 6) is 0.736. The van der Waals surface area contributed by atoms with E-state index in [1.165, 1.54) is 12.0 Å². The number of aliphatic hydroxyl groups is 1. The second-order valence-corrected chi connectivity index (χ2v) is 5.55. The van der Waals surface area contributed by atoms with Crippen LogP contribution in [0.15, 0.2) is 23.8 Å². The van der Waals surface area contributed by atoms with Gasteiger partial charge in [-0.05, 0) is 52.4 Å². The predicted molar refractivity (Wildman–Crippen MR) is 72.5 cm³/mol. The lowest BCUT2D eigenvalue weighted by Crippen LogP contribution is -2.19. The molecule has 0 amide bonds. The van der Waals surface area contributed by atoms with Crippen molar-refractivity contribution in [1.82, 2.24) is 0 Å². The topological polar surface area (TPSA) is 20.2 Å². The van der Waals surface area contributed by atoms with Gasteiger partial charge in [-0.25, -0.2) is 0 Å². The summed E-state index contributed by atoms with van der Waals surface area (Å²) < 4.78 is 0. The SMILES string of the molecule is CC(C)=CCCC(C)(O)C=CCCC(C)C. The molecule has 0 saturated heterocycles. The molecule has 16 heavy (non-hydrogen) atoms. The Labute approximate surface area is 101 Å². The van der Waals surface area contributed by atoms with Crippen LogP contribution >= 0.6 is 0 Å². The van der Waals surface area contributed by atoms with Gasteiger partial charge in [-0.2, -0.15) is 0 Å². The fourth-order valence-corrected chi connectivity index (χ4v) is 1.50. The molecule has 0 spiro atoms. The average Bonchev–Trinajstić information content (AvgIpc) is 2.11. The first kappa shape index (κ1) is 15.4. The maximum atomic E-state index is 10.1. The van der Waals surface area contributed by atoms with E-state index in [0.29, 0.717) is 0 Å². The van der Waals surface area contributed by atoms with E-state index in [1.54, 1.807) is 0 Å². The summed E-state index contributed by atoms with van der Waals surface area (Å²) in [6.07, 6.45) is 10.3. The second-order valence-electron chi connectivity index (χ2n) is 5.55. The zero-order valence-corrected chi connectivity index (χ0v) is 11.6. The van der Waals surface area contributed by atoms with Crippen molar-refractivity contribution in [3.05, 3.63) is 23.8 Å². The van der Waals surface area contributed by atoms with Crippen LogP contribution in [-0.4, -0.2) is 10.7 Å². The molecule has 0 aromatic rings. The molecule has 0 rings (SSSR count). The minimum absolute atomic E-state index is 0.650. The molecule has 1 unspecified atom stereocenters. The number of allylic oxidation sites excluding steroid dienone is 3. The predicted octanol–water partition coefficient (Wildman–Crippen LogP) is 4.48. The Hall–Kier alpha value is -0.560. The van der Waals surface area contributed by atoms with Gasteiger partial charge >= 0.3 is 0 Å². The van der Waals surface area contributed by atoms with Crippen LogP contribution in [-0.2, 0) is 0 Å². The smallest absolute Gasteiger partial charge is 0.0802 e. The van der Waals surface area contributed by atoms with Crippen molar-refractivity contribution >= 4 is 0 Å². The summed E-state index contributed by atoms with van der Waals surface area (Å²) in [6, 6.07) is 0. The highest BCUT2D eigenvalue weighted by Crippen LogP contribution is 2.16. The average molecular weight is 224 g/mol. The first-order chi connectivity index (χ1) is 7.33. The maximum Gasteiger partial charge on any atom is 0.0802 e. The highest BCUT2D eigenvalue weighted by atomic mass is 16.3. The molecular formula is C15H28O. The van der Waals surface area contributed by atoms with Gasteiger partial charge in [-0.1, -0.05) is 37.6 Å². The van der Waals surface area contributed by atoms with Gasteiger partial charge in [-0.15, -0.1) is 0 Å². The lowest BCUT2D eigenvalue weighted by Gasteiger charge is -2.18. The second kappa shape index (κ2) is 7.67. The van der Waals surface area contributed by atoms with E-state index in [9.17, 15) is 5.11 Å². The third-order valence-electron chi connectivity index (χ3n) is 2.59. The van der Waals surface area contributed by atoms with Crippen molar-refractivity contribution in [1.29, 1.82) is 0 Å². The lowest BCUT2D eigenvalue weighted by molar-refractivity contribution is 0.103. The largest absolute Gasteiger partial charge is 0.386 e. The molecule has 0 bridgehead atoms. The Bertz CT molecular complexity index is 230. The Balaban J connectivity index is 3.89. The van der Waals surface area contributed by atoms with Crippen LogP contribution in [0.25, 0.3) is 0 Å². The molecule has 0 aliphatic carbocycles. The van der Waals surface area contributed by atoms with Crippen LogP contribution in [0.1, 0.15) is 60.3 Å². The van der Waals surface area contributed by atoms with E-state index in [1.807, 2.05) is 13.0 Å². The minimum Gasteiger partial charge on any atom is -0.386 e. The van der Waals surface area contributed by atoms with Crippen LogP contribution in [0, 0.1) is 5.92 Å². The van der Waals surface area contributed by atoms with Crippen LogP contribution in [0.5, 0.6) is 0 Å². The molecule has 0 aliphatic rings. The minimum atomic E-state index is -0.650. The molecule has 1 atom stereocenters. The summed E-state index contributed by atoms with van der Waals surface area (Å²) in [5.41, 5.74) is 0.669. The summed E-state index contributed by atoms with van der Waals surface area (Å²) >= 11 is 0. The Morgan fingerprint density at radius 3 is 2.38 bits per heavy atom. The van der Waals surface area contributed by atoms with E-state index in [2.05, 4.69) is 39.8 Å². The Kier molecular flexibility index (Phi) is 7.40. The first-order valence-electron chi connectivity index (χ1n) is 6.37. The monoisotopic (exact) mass is 224 g/mol. The van der Waals surface area contributed by atoms with Gasteiger partial charge in [0.1, 0.15) is 0 Å². The van der Waals surface area contributed by atoms with Crippen molar-refractivity contribution in [2.45, 2.75) is 65.9 Å². The van der Waals surface area contributed by atoms with E-state index >= 15 is 0 Å². The summed E-state index contributed by atoms with van der Waals surface area (Å²) in [5, 5.41) is 10.1. The van der Waals surface area contributed by atoms with E-state index in [4.69, 9.17) is 0 Å². The molecule has 0 aliphatic heterocycles. The van der Waals surface area contributed by atoms with Gasteiger partial charge in [0.05, 0.1) is 5.60 Å². The van der Waals surface area contributed by atoms with E-state index in [-0.39, 0.29) is 0 Å². The summed E-state index contributed by atoms with van der Waals surface area (Å²) in [4.78, 5) is 0. The van der Waals surface area contributed by atoms with Gasteiger partial charge < -0.3 is 5.11 Å². The fraction of sp³-hybridized carbons (Fsp3) is 0.733. The van der Waals surface area contributed by atoms with Crippen molar-refractivity contribution in [3.8, 4) is 0 Å². The fourth-order valence-electron chi connectivity index (χ4n) is 1.50. The standard InChI is InChI=1S/C15H28O/c1-13(2)9-6-7-11-15(5,16)12-8-10-14(3)4/h7,10-11,13,16H,6,8-9,12H2,1-5H3. The summed E-state index contributed by atoms with van der Waals surface area (Å²) in [7, 11) is 0. The quantitative estimate of drug-likeness (QED) is 0.632. The molecule has 0 radical (unpaired) electrons. The van der Waals surface area contributed by atoms with Gasteiger partial charge in [0, 0.05) is 0 Å². The van der Waals surface area contributed by atoms with Crippen LogP contribution in [0.4, 0.5) is 0 Å². The van der Waals surface area contributed by atoms with Gasteiger partial charge in [-0.3, -0.25) is 0 Å². The molecule has 1 nitrogen and oxygen atoms in total. The molecule has 0 fully saturated rings. The van der Waals surface area contributed by atoms with Crippen molar-refractivity contribution in [2.75, 3.05) is 0 Å². The van der Waals surface area contributed by atoms with Crippen LogP contribution in [0.3, 0.4) is 0 Å². The third kappa shape index (κ3) is 9.97. The maximum absolute atomic E-state index is 10.1. The van der Waals surface area contributed by atoms with Crippen LogP contribution < -0.4 is 0 Å². The molecular weight excluding hydrogens is 196 g/mol. The molecule has 1 heteroatoms. The number of hydrogen-bond acceptors (Lipinski definition) is 1. The third-order valence-corrected chi connectivity index (χ3v) is 2.59. The van der Waals surface area contributed by atoms with Gasteiger partial charge in [0.15, 0.2) is 0 Å². The van der Waals surface area contributed by atoms with Gasteiger partial charge in [0.2, 0.25) is 0 Å². The molecule has 0 saturated carbocycles. The Morgan fingerprint density at radius 1 is 1.25 bits per heavy atom. The van der Waals surface area contributed by atoms with Gasteiger partial charge in [0.25, 0.3) is 0 Å². The van der Waals surface area contributed by atoms with E-state index in [0.717, 1.165) is 25.2 Å². The van der Waals surface area contributed by atoms with Crippen molar-refractivity contribution in [3.63, 3.8) is 0 Å². The Morgan fingerprint density at radius 2 is 1.88 bits per heavy atom. The number of hydrogen-bond donors (Lipinski definition) is 1. The molecule has 1 N–H and O–H groups in total. The zero-order chi connectivity index (χ0) is 12.6. The van der Waals surface area contributed by atoms with Crippen molar-refractivity contribution in [2.24, 2.45) is 5.92 Å².